The number of piperidine rings is 1. The molecule has 16 heavy (non-hydrogen) atoms. The Hall–Kier alpha value is -1.35. The maximum absolute atomic E-state index is 4.62. The fourth-order valence-electron chi connectivity index (χ4n) is 2.52. The summed E-state index contributed by atoms with van der Waals surface area (Å²) in [6, 6.07) is 4.42. The molecule has 1 N–H and O–H groups in total. The first-order valence-corrected chi connectivity index (χ1v) is 5.96. The molecule has 0 radical (unpaired) electrons. The van der Waals surface area contributed by atoms with Gasteiger partial charge in [-0.25, -0.2) is 0 Å². The minimum atomic E-state index is 0.644. The molecular weight excluding hydrogens is 198 g/mol. The second kappa shape index (κ2) is 3.91. The normalized spacial score (nSPS) is 18.1. The molecule has 0 saturated carbocycles. The molecule has 3 nitrogen and oxygen atoms in total. The molecule has 1 fully saturated rings. The van der Waals surface area contributed by atoms with Crippen LogP contribution in [-0.4, -0.2) is 22.6 Å². The average Bonchev–Trinajstić information content (AvgIpc) is 2.72. The second-order valence-corrected chi connectivity index (χ2v) is 4.62. The number of aromatic nitrogens is 2. The monoisotopic (exact) mass is 215 g/mol. The third-order valence-electron chi connectivity index (χ3n) is 3.55. The maximum atomic E-state index is 4.62. The van der Waals surface area contributed by atoms with Gasteiger partial charge < -0.3 is 9.88 Å². The van der Waals surface area contributed by atoms with E-state index in [4.69, 9.17) is 0 Å². The Morgan fingerprint density at radius 3 is 3.00 bits per heavy atom. The summed E-state index contributed by atoms with van der Waals surface area (Å²) in [5.41, 5.74) is 2.48. The topological polar surface area (TPSA) is 29.9 Å². The van der Waals surface area contributed by atoms with Gasteiger partial charge in [0, 0.05) is 30.2 Å². The van der Waals surface area contributed by atoms with E-state index in [1.165, 1.54) is 29.4 Å². The SMILES string of the molecule is Cn1ccc2cc(C3CCNCC3)ncc21. The maximum Gasteiger partial charge on any atom is 0.0664 e. The smallest absolute Gasteiger partial charge is 0.0664 e. The van der Waals surface area contributed by atoms with Crippen LogP contribution in [0.3, 0.4) is 0 Å². The summed E-state index contributed by atoms with van der Waals surface area (Å²) < 4.78 is 2.12. The highest BCUT2D eigenvalue weighted by Crippen LogP contribution is 2.26. The Labute approximate surface area is 95.5 Å². The van der Waals surface area contributed by atoms with E-state index >= 15 is 0 Å². The highest BCUT2D eigenvalue weighted by molar-refractivity contribution is 5.79. The summed E-state index contributed by atoms with van der Waals surface area (Å²) in [4.78, 5) is 4.62. The summed E-state index contributed by atoms with van der Waals surface area (Å²) in [5.74, 6) is 0.644. The van der Waals surface area contributed by atoms with Crippen molar-refractivity contribution < 1.29 is 0 Å². The number of pyridine rings is 1. The molecule has 0 aliphatic carbocycles. The van der Waals surface area contributed by atoms with Crippen LogP contribution >= 0.6 is 0 Å². The molecule has 84 valence electrons. The fourth-order valence-corrected chi connectivity index (χ4v) is 2.52. The van der Waals surface area contributed by atoms with Crippen LogP contribution in [0.2, 0.25) is 0 Å². The van der Waals surface area contributed by atoms with Crippen LogP contribution in [0.4, 0.5) is 0 Å². The summed E-state index contributed by atoms with van der Waals surface area (Å²) in [7, 11) is 2.06. The standard InChI is InChI=1S/C13H17N3/c1-16-7-4-11-8-12(15-9-13(11)16)10-2-5-14-6-3-10/h4,7-10,14H,2-3,5-6H2,1H3. The first-order valence-electron chi connectivity index (χ1n) is 5.96. The summed E-state index contributed by atoms with van der Waals surface area (Å²) in [6.45, 7) is 2.25. The Morgan fingerprint density at radius 1 is 1.38 bits per heavy atom. The largest absolute Gasteiger partial charge is 0.349 e. The Balaban J connectivity index is 1.97. The van der Waals surface area contributed by atoms with Crippen LogP contribution in [0.25, 0.3) is 10.9 Å². The number of nitrogens with one attached hydrogen (secondary N) is 1. The number of aryl methyl sites for hydroxylation is 1. The van der Waals surface area contributed by atoms with Crippen molar-refractivity contribution in [1.29, 1.82) is 0 Å². The summed E-state index contributed by atoms with van der Waals surface area (Å²) in [6.07, 6.45) is 6.53. The lowest BCUT2D eigenvalue weighted by Crippen LogP contribution is -2.27. The lowest BCUT2D eigenvalue weighted by Gasteiger charge is -2.22. The molecule has 0 bridgehead atoms. The van der Waals surface area contributed by atoms with Gasteiger partial charge in [0.15, 0.2) is 0 Å². The van der Waals surface area contributed by atoms with Gasteiger partial charge in [0.05, 0.1) is 11.7 Å². The molecule has 3 heteroatoms. The van der Waals surface area contributed by atoms with Crippen LogP contribution in [-0.2, 0) is 7.05 Å². The van der Waals surface area contributed by atoms with Crippen molar-refractivity contribution in [2.45, 2.75) is 18.8 Å². The van der Waals surface area contributed by atoms with Crippen molar-refractivity contribution in [3.8, 4) is 0 Å². The first-order chi connectivity index (χ1) is 7.84. The first kappa shape index (κ1) is 9.85. The average molecular weight is 215 g/mol. The molecule has 2 aromatic rings. The van der Waals surface area contributed by atoms with Gasteiger partial charge in [-0.1, -0.05) is 0 Å². The van der Waals surface area contributed by atoms with Gasteiger partial charge in [-0.2, -0.15) is 0 Å². The Kier molecular flexibility index (Phi) is 2.40. The van der Waals surface area contributed by atoms with E-state index in [1.807, 2.05) is 6.20 Å². The van der Waals surface area contributed by atoms with Gasteiger partial charge in [-0.15, -0.1) is 0 Å². The van der Waals surface area contributed by atoms with Gasteiger partial charge in [0.1, 0.15) is 0 Å². The third kappa shape index (κ3) is 1.61. The molecular formula is C13H17N3. The molecule has 3 rings (SSSR count). The molecule has 1 aliphatic heterocycles. The van der Waals surface area contributed by atoms with E-state index in [0.29, 0.717) is 5.92 Å². The minimum absolute atomic E-state index is 0.644. The number of nitrogens with zero attached hydrogens (tertiary/aromatic N) is 2. The van der Waals surface area contributed by atoms with Crippen molar-refractivity contribution in [2.24, 2.45) is 7.05 Å². The van der Waals surface area contributed by atoms with Crippen molar-refractivity contribution >= 4 is 10.9 Å². The van der Waals surface area contributed by atoms with Gasteiger partial charge in [0.2, 0.25) is 0 Å². The van der Waals surface area contributed by atoms with Gasteiger partial charge in [0.25, 0.3) is 0 Å². The van der Waals surface area contributed by atoms with Crippen molar-refractivity contribution in [3.05, 3.63) is 30.2 Å². The van der Waals surface area contributed by atoms with Crippen LogP contribution in [0, 0.1) is 0 Å². The Bertz CT molecular complexity index is 495. The van der Waals surface area contributed by atoms with E-state index in [0.717, 1.165) is 13.1 Å². The zero-order valence-corrected chi connectivity index (χ0v) is 9.61. The molecule has 0 amide bonds. The van der Waals surface area contributed by atoms with Gasteiger partial charge in [-0.3, -0.25) is 4.98 Å². The number of hydrogen-bond donors (Lipinski definition) is 1. The fraction of sp³-hybridized carbons (Fsp3) is 0.462. The third-order valence-corrected chi connectivity index (χ3v) is 3.55. The highest BCUT2D eigenvalue weighted by Gasteiger charge is 2.16. The second-order valence-electron chi connectivity index (χ2n) is 4.62. The minimum Gasteiger partial charge on any atom is -0.349 e. The van der Waals surface area contributed by atoms with E-state index in [1.54, 1.807) is 0 Å². The number of hydrogen-bond acceptors (Lipinski definition) is 2. The molecule has 3 heterocycles. The van der Waals surface area contributed by atoms with Gasteiger partial charge in [-0.05, 0) is 38.1 Å². The summed E-state index contributed by atoms with van der Waals surface area (Å²) >= 11 is 0. The molecule has 2 aromatic heterocycles. The molecule has 0 atom stereocenters. The van der Waals surface area contributed by atoms with Crippen LogP contribution < -0.4 is 5.32 Å². The summed E-state index contributed by atoms with van der Waals surface area (Å²) in [5, 5.41) is 4.71. The van der Waals surface area contributed by atoms with E-state index < -0.39 is 0 Å². The molecule has 1 aliphatic rings. The zero-order valence-electron chi connectivity index (χ0n) is 9.61. The Morgan fingerprint density at radius 2 is 2.19 bits per heavy atom. The predicted octanol–water partition coefficient (Wildman–Crippen LogP) is 2.04. The molecule has 0 spiro atoms. The lowest BCUT2D eigenvalue weighted by molar-refractivity contribution is 0.453. The van der Waals surface area contributed by atoms with Crippen LogP contribution in [0.1, 0.15) is 24.5 Å². The van der Waals surface area contributed by atoms with E-state index in [9.17, 15) is 0 Å². The predicted molar refractivity (Wildman–Crippen MR) is 65.6 cm³/mol. The van der Waals surface area contributed by atoms with E-state index in [-0.39, 0.29) is 0 Å². The van der Waals surface area contributed by atoms with Gasteiger partial charge >= 0.3 is 0 Å². The number of fused-ring (bicyclic) bond motifs is 1. The van der Waals surface area contributed by atoms with Crippen molar-refractivity contribution in [1.82, 2.24) is 14.9 Å². The lowest BCUT2D eigenvalue weighted by atomic mass is 9.94. The molecule has 0 aromatic carbocycles. The molecule has 1 saturated heterocycles. The quantitative estimate of drug-likeness (QED) is 0.789. The highest BCUT2D eigenvalue weighted by atomic mass is 14.9. The van der Waals surface area contributed by atoms with Crippen LogP contribution in [0.5, 0.6) is 0 Å². The van der Waals surface area contributed by atoms with E-state index in [2.05, 4.69) is 40.2 Å². The zero-order chi connectivity index (χ0) is 11.0. The van der Waals surface area contributed by atoms with Crippen molar-refractivity contribution in [3.63, 3.8) is 0 Å². The van der Waals surface area contributed by atoms with Crippen molar-refractivity contribution in [2.75, 3.05) is 13.1 Å². The number of rotatable bonds is 1. The molecule has 0 unspecified atom stereocenters. The van der Waals surface area contributed by atoms with Crippen LogP contribution in [0.15, 0.2) is 24.5 Å².